The summed E-state index contributed by atoms with van der Waals surface area (Å²) in [4.78, 5) is 24.9. The molecule has 30 heavy (non-hydrogen) atoms. The molecule has 1 aliphatic rings. The Hall–Kier alpha value is -4.06. The second-order valence-corrected chi connectivity index (χ2v) is 6.66. The van der Waals surface area contributed by atoms with Crippen LogP contribution in [0.5, 0.6) is 11.5 Å². The molecule has 1 aliphatic heterocycles. The lowest BCUT2D eigenvalue weighted by Crippen LogP contribution is -2.24. The predicted molar refractivity (Wildman–Crippen MR) is 114 cm³/mol. The summed E-state index contributed by atoms with van der Waals surface area (Å²) in [5.41, 5.74) is 2.64. The molecule has 4 rings (SSSR count). The van der Waals surface area contributed by atoms with E-state index in [-0.39, 0.29) is 11.3 Å². The van der Waals surface area contributed by atoms with Gasteiger partial charge < -0.3 is 14.8 Å². The van der Waals surface area contributed by atoms with Gasteiger partial charge in [0.25, 0.3) is 11.8 Å². The second-order valence-electron chi connectivity index (χ2n) is 6.66. The first-order valence-corrected chi connectivity index (χ1v) is 9.43. The molecule has 0 aliphatic carbocycles. The molecular weight excluding hydrogens is 380 g/mol. The molecule has 6 nitrogen and oxygen atoms in total. The van der Waals surface area contributed by atoms with Crippen molar-refractivity contribution in [1.82, 2.24) is 5.32 Å². The van der Waals surface area contributed by atoms with Crippen LogP contribution in [0.15, 0.2) is 84.6 Å². The molecule has 0 saturated carbocycles. The molecule has 0 aromatic heterocycles. The number of benzene rings is 3. The molecule has 2 N–H and O–H groups in total. The summed E-state index contributed by atoms with van der Waals surface area (Å²) in [6, 6.07) is 24.2. The van der Waals surface area contributed by atoms with E-state index < -0.39 is 11.8 Å². The number of carbonyl (C=O) groups excluding carboxylic acids is 2. The van der Waals surface area contributed by atoms with Gasteiger partial charge in [-0.15, -0.1) is 0 Å². The summed E-state index contributed by atoms with van der Waals surface area (Å²) in [5.74, 6) is 0.199. The average Bonchev–Trinajstić information content (AvgIpc) is 3.05. The van der Waals surface area contributed by atoms with Crippen LogP contribution < -0.4 is 20.1 Å². The maximum absolute atomic E-state index is 12.5. The molecule has 1 heterocycles. The first-order chi connectivity index (χ1) is 14.7. The first-order valence-electron chi connectivity index (χ1n) is 9.43. The fourth-order valence-corrected chi connectivity index (χ4v) is 3.23. The van der Waals surface area contributed by atoms with Crippen LogP contribution in [0, 0.1) is 0 Å². The smallest absolute Gasteiger partial charge is 0.275 e. The number of anilines is 1. The Morgan fingerprint density at radius 1 is 0.867 bits per heavy atom. The lowest BCUT2D eigenvalue weighted by atomic mass is 10.0. The zero-order valence-corrected chi connectivity index (χ0v) is 16.3. The number of hydrogen-bond donors (Lipinski definition) is 2. The Bertz CT molecular complexity index is 1120. The van der Waals surface area contributed by atoms with Crippen LogP contribution in [0.25, 0.3) is 5.57 Å². The Balaban J connectivity index is 1.61. The van der Waals surface area contributed by atoms with E-state index in [0.29, 0.717) is 29.4 Å². The number of rotatable bonds is 7. The van der Waals surface area contributed by atoms with E-state index in [1.807, 2.05) is 42.5 Å². The lowest BCUT2D eigenvalue weighted by molar-refractivity contribution is -0.123. The van der Waals surface area contributed by atoms with E-state index in [4.69, 9.17) is 9.47 Å². The molecule has 0 radical (unpaired) electrons. The minimum atomic E-state index is -0.489. The van der Waals surface area contributed by atoms with Crippen LogP contribution >= 0.6 is 0 Å². The van der Waals surface area contributed by atoms with Crippen LogP contribution in [-0.2, 0) is 16.2 Å². The van der Waals surface area contributed by atoms with Crippen LogP contribution in [-0.4, -0.2) is 18.9 Å². The van der Waals surface area contributed by atoms with Crippen molar-refractivity contribution in [2.24, 2.45) is 0 Å². The van der Waals surface area contributed by atoms with E-state index in [1.165, 1.54) is 7.11 Å². The summed E-state index contributed by atoms with van der Waals surface area (Å²) in [7, 11) is 1.52. The summed E-state index contributed by atoms with van der Waals surface area (Å²) >= 11 is 0. The average molecular weight is 400 g/mol. The van der Waals surface area contributed by atoms with Crippen molar-refractivity contribution in [3.8, 4) is 11.5 Å². The monoisotopic (exact) mass is 400 g/mol. The van der Waals surface area contributed by atoms with E-state index in [9.17, 15) is 9.59 Å². The van der Waals surface area contributed by atoms with Gasteiger partial charge in [0, 0.05) is 17.3 Å². The molecular formula is C24H20N2O4. The zero-order valence-electron chi connectivity index (χ0n) is 16.3. The van der Waals surface area contributed by atoms with Crippen molar-refractivity contribution in [3.63, 3.8) is 0 Å². The Morgan fingerprint density at radius 2 is 1.63 bits per heavy atom. The standard InChI is InChI=1S/C24H20N2O4/c1-29-20-13-6-5-12-19(20)21-22(24(28)26-23(21)27)25-17-10-7-11-18(14-17)30-15-16-8-3-2-4-9-16/h2-14H,15H2,1H3,(H2,25,26,27,28). The van der Waals surface area contributed by atoms with Gasteiger partial charge in [-0.25, -0.2) is 0 Å². The van der Waals surface area contributed by atoms with E-state index in [0.717, 1.165) is 5.56 Å². The van der Waals surface area contributed by atoms with Gasteiger partial charge in [-0.1, -0.05) is 54.6 Å². The van der Waals surface area contributed by atoms with Gasteiger partial charge in [-0.3, -0.25) is 14.9 Å². The van der Waals surface area contributed by atoms with Gasteiger partial charge in [0.05, 0.1) is 12.7 Å². The van der Waals surface area contributed by atoms with Gasteiger partial charge in [0.1, 0.15) is 23.8 Å². The van der Waals surface area contributed by atoms with Crippen LogP contribution in [0.1, 0.15) is 11.1 Å². The molecule has 0 atom stereocenters. The van der Waals surface area contributed by atoms with Crippen molar-refractivity contribution in [1.29, 1.82) is 0 Å². The topological polar surface area (TPSA) is 76.7 Å². The third kappa shape index (κ3) is 4.03. The molecule has 6 heteroatoms. The number of para-hydroxylation sites is 1. The fraction of sp³-hybridized carbons (Fsp3) is 0.0833. The number of imide groups is 1. The van der Waals surface area contributed by atoms with Crippen molar-refractivity contribution in [2.75, 3.05) is 12.4 Å². The van der Waals surface area contributed by atoms with E-state index >= 15 is 0 Å². The maximum atomic E-state index is 12.5. The molecule has 2 amide bonds. The summed E-state index contributed by atoms with van der Waals surface area (Å²) in [6.45, 7) is 0.429. The largest absolute Gasteiger partial charge is 0.496 e. The number of amides is 2. The Morgan fingerprint density at radius 3 is 2.43 bits per heavy atom. The van der Waals surface area contributed by atoms with E-state index in [2.05, 4.69) is 10.6 Å². The van der Waals surface area contributed by atoms with Gasteiger partial charge >= 0.3 is 0 Å². The van der Waals surface area contributed by atoms with Crippen molar-refractivity contribution >= 4 is 23.1 Å². The molecule has 0 saturated heterocycles. The molecule has 3 aromatic carbocycles. The number of carbonyl (C=O) groups is 2. The fourth-order valence-electron chi connectivity index (χ4n) is 3.23. The highest BCUT2D eigenvalue weighted by Crippen LogP contribution is 2.32. The van der Waals surface area contributed by atoms with Crippen molar-refractivity contribution in [3.05, 3.63) is 95.7 Å². The summed E-state index contributed by atoms with van der Waals surface area (Å²) in [5, 5.41) is 5.42. The van der Waals surface area contributed by atoms with Crippen LogP contribution in [0.3, 0.4) is 0 Å². The van der Waals surface area contributed by atoms with Gasteiger partial charge in [0.2, 0.25) is 0 Å². The second kappa shape index (κ2) is 8.53. The molecule has 3 aromatic rings. The van der Waals surface area contributed by atoms with Gasteiger partial charge in [-0.05, 0) is 23.8 Å². The minimum Gasteiger partial charge on any atom is -0.496 e. The highest BCUT2D eigenvalue weighted by Gasteiger charge is 2.33. The number of methoxy groups -OCH3 is 1. The Labute approximate surface area is 174 Å². The lowest BCUT2D eigenvalue weighted by Gasteiger charge is -2.12. The third-order valence-corrected chi connectivity index (χ3v) is 4.66. The molecule has 0 bridgehead atoms. The normalized spacial score (nSPS) is 13.2. The van der Waals surface area contributed by atoms with Crippen molar-refractivity contribution < 1.29 is 19.1 Å². The minimum absolute atomic E-state index is 0.171. The van der Waals surface area contributed by atoms with Crippen LogP contribution in [0.2, 0.25) is 0 Å². The van der Waals surface area contributed by atoms with Gasteiger partial charge in [0.15, 0.2) is 0 Å². The molecule has 0 spiro atoms. The zero-order chi connectivity index (χ0) is 20.9. The van der Waals surface area contributed by atoms with E-state index in [1.54, 1.807) is 36.4 Å². The van der Waals surface area contributed by atoms with Crippen LogP contribution in [0.4, 0.5) is 5.69 Å². The summed E-state index contributed by atoms with van der Waals surface area (Å²) in [6.07, 6.45) is 0. The third-order valence-electron chi connectivity index (χ3n) is 4.66. The number of hydrogen-bond acceptors (Lipinski definition) is 5. The summed E-state index contributed by atoms with van der Waals surface area (Å²) < 4.78 is 11.2. The highest BCUT2D eigenvalue weighted by atomic mass is 16.5. The first kappa shape index (κ1) is 19.3. The molecule has 150 valence electrons. The maximum Gasteiger partial charge on any atom is 0.275 e. The Kier molecular flexibility index (Phi) is 5.48. The number of ether oxygens (including phenoxy) is 2. The predicted octanol–water partition coefficient (Wildman–Crippen LogP) is 3.75. The van der Waals surface area contributed by atoms with Gasteiger partial charge in [-0.2, -0.15) is 0 Å². The highest BCUT2D eigenvalue weighted by molar-refractivity contribution is 6.37. The molecule has 0 unspecified atom stereocenters. The van der Waals surface area contributed by atoms with Crippen molar-refractivity contribution in [2.45, 2.75) is 6.61 Å². The molecule has 0 fully saturated rings. The quantitative estimate of drug-likeness (QED) is 0.591. The SMILES string of the molecule is COc1ccccc1C1=C(Nc2cccc(OCc3ccccc3)c2)C(=O)NC1=O. The number of nitrogens with one attached hydrogen (secondary N) is 2.